The first-order valence-corrected chi connectivity index (χ1v) is 9.79. The van der Waals surface area contributed by atoms with Crippen molar-refractivity contribution in [1.82, 2.24) is 10.2 Å². The van der Waals surface area contributed by atoms with Crippen molar-refractivity contribution in [2.45, 2.75) is 32.4 Å². The Morgan fingerprint density at radius 2 is 2.17 bits per heavy atom. The van der Waals surface area contributed by atoms with Crippen LogP contribution in [0.2, 0.25) is 0 Å². The van der Waals surface area contributed by atoms with E-state index in [1.54, 1.807) is 0 Å². The molecule has 6 heteroatoms. The number of anilines is 1. The summed E-state index contributed by atoms with van der Waals surface area (Å²) in [6, 6.07) is 8.77. The number of rotatable bonds is 4. The van der Waals surface area contributed by atoms with Crippen LogP contribution >= 0.6 is 24.2 Å². The number of halogens is 1. The van der Waals surface area contributed by atoms with Gasteiger partial charge in [0, 0.05) is 48.8 Å². The molecule has 1 amide bonds. The van der Waals surface area contributed by atoms with Gasteiger partial charge < -0.3 is 10.6 Å². The van der Waals surface area contributed by atoms with Gasteiger partial charge in [-0.15, -0.1) is 12.4 Å². The number of benzene rings is 1. The summed E-state index contributed by atoms with van der Waals surface area (Å²) in [5.74, 6) is 2.76. The van der Waals surface area contributed by atoms with E-state index in [0.29, 0.717) is 6.04 Å². The number of amides is 1. The summed E-state index contributed by atoms with van der Waals surface area (Å²) in [4.78, 5) is 15.0. The van der Waals surface area contributed by atoms with Crippen LogP contribution < -0.4 is 10.6 Å². The molecule has 134 valence electrons. The molecule has 2 aliphatic heterocycles. The highest BCUT2D eigenvalue weighted by Gasteiger charge is 2.24. The van der Waals surface area contributed by atoms with E-state index in [2.05, 4.69) is 40.7 Å². The molecule has 1 aromatic carbocycles. The van der Waals surface area contributed by atoms with Crippen molar-refractivity contribution < 1.29 is 4.79 Å². The minimum absolute atomic E-state index is 0. The van der Waals surface area contributed by atoms with Gasteiger partial charge in [-0.05, 0) is 44.0 Å². The predicted octanol–water partition coefficient (Wildman–Crippen LogP) is 2.98. The maximum absolute atomic E-state index is 12.5. The van der Waals surface area contributed by atoms with Crippen LogP contribution in [0, 0.1) is 5.92 Å². The van der Waals surface area contributed by atoms with Gasteiger partial charge in [0.2, 0.25) is 5.91 Å². The zero-order valence-corrected chi connectivity index (χ0v) is 15.9. The van der Waals surface area contributed by atoms with Crippen LogP contribution in [0.5, 0.6) is 0 Å². The predicted molar refractivity (Wildman–Crippen MR) is 105 cm³/mol. The fourth-order valence-electron chi connectivity index (χ4n) is 3.38. The molecular weight excluding hydrogens is 342 g/mol. The number of thioether (sulfide) groups is 1. The molecule has 4 nitrogen and oxygen atoms in total. The average Bonchev–Trinajstić information content (AvgIpc) is 2.56. The van der Waals surface area contributed by atoms with Gasteiger partial charge in [-0.1, -0.05) is 12.1 Å². The van der Waals surface area contributed by atoms with E-state index >= 15 is 0 Å². The first-order valence-electron chi connectivity index (χ1n) is 8.64. The number of piperidine rings is 1. The Balaban J connectivity index is 0.00000208. The quantitative estimate of drug-likeness (QED) is 0.856. The number of nitrogens with zero attached hydrogens (tertiary/aromatic N) is 1. The Hall–Kier alpha value is -0.750. The number of hydrogen-bond acceptors (Lipinski definition) is 4. The van der Waals surface area contributed by atoms with E-state index in [4.69, 9.17) is 0 Å². The third kappa shape index (κ3) is 5.66. The molecule has 2 N–H and O–H groups in total. The van der Waals surface area contributed by atoms with Crippen molar-refractivity contribution in [1.29, 1.82) is 0 Å². The smallest absolute Gasteiger partial charge is 0.227 e. The molecule has 2 fully saturated rings. The highest BCUT2D eigenvalue weighted by molar-refractivity contribution is 7.99. The van der Waals surface area contributed by atoms with Crippen LogP contribution in [-0.2, 0) is 11.3 Å². The van der Waals surface area contributed by atoms with Gasteiger partial charge >= 0.3 is 0 Å². The summed E-state index contributed by atoms with van der Waals surface area (Å²) >= 11 is 2.03. The molecule has 0 aliphatic carbocycles. The molecule has 0 spiro atoms. The van der Waals surface area contributed by atoms with Gasteiger partial charge in [-0.3, -0.25) is 9.69 Å². The Labute approximate surface area is 155 Å². The van der Waals surface area contributed by atoms with Crippen LogP contribution in [0.1, 0.15) is 25.3 Å². The zero-order chi connectivity index (χ0) is 16.1. The highest BCUT2D eigenvalue weighted by Crippen LogP contribution is 2.20. The summed E-state index contributed by atoms with van der Waals surface area (Å²) in [5, 5.41) is 6.52. The lowest BCUT2D eigenvalue weighted by molar-refractivity contribution is -0.120. The summed E-state index contributed by atoms with van der Waals surface area (Å²) in [6.07, 6.45) is 1.86. The zero-order valence-electron chi connectivity index (χ0n) is 14.3. The maximum atomic E-state index is 12.5. The molecule has 2 atom stereocenters. The first-order chi connectivity index (χ1) is 11.2. The van der Waals surface area contributed by atoms with Crippen LogP contribution in [-0.4, -0.2) is 48.0 Å². The third-order valence-electron chi connectivity index (χ3n) is 4.70. The van der Waals surface area contributed by atoms with Crippen LogP contribution in [0.25, 0.3) is 0 Å². The van der Waals surface area contributed by atoms with Gasteiger partial charge in [-0.25, -0.2) is 0 Å². The lowest BCUT2D eigenvalue weighted by atomic mass is 9.92. The van der Waals surface area contributed by atoms with Crippen LogP contribution in [0.3, 0.4) is 0 Å². The Morgan fingerprint density at radius 1 is 1.38 bits per heavy atom. The average molecular weight is 370 g/mol. The number of hydrogen-bond donors (Lipinski definition) is 2. The fraction of sp³-hybridized carbons (Fsp3) is 0.611. The van der Waals surface area contributed by atoms with E-state index in [1.807, 2.05) is 17.8 Å². The molecule has 0 bridgehead atoms. The summed E-state index contributed by atoms with van der Waals surface area (Å²) < 4.78 is 0. The first kappa shape index (κ1) is 19.6. The molecule has 24 heavy (non-hydrogen) atoms. The van der Waals surface area contributed by atoms with E-state index < -0.39 is 0 Å². The molecule has 0 radical (unpaired) electrons. The SMILES string of the molecule is C[C@H]1C[C@@H](C(=O)Nc2cccc(CN3CCSCC3)c2)CCN1.Cl. The molecule has 2 heterocycles. The second-order valence-electron chi connectivity index (χ2n) is 6.65. The lowest BCUT2D eigenvalue weighted by Crippen LogP contribution is -2.40. The summed E-state index contributed by atoms with van der Waals surface area (Å²) in [7, 11) is 0. The molecule has 1 aromatic rings. The number of carbonyl (C=O) groups is 1. The number of nitrogens with one attached hydrogen (secondary N) is 2. The van der Waals surface area contributed by atoms with Gasteiger partial charge in [-0.2, -0.15) is 11.8 Å². The number of carbonyl (C=O) groups excluding carboxylic acids is 1. The van der Waals surface area contributed by atoms with E-state index in [-0.39, 0.29) is 24.2 Å². The Morgan fingerprint density at radius 3 is 2.92 bits per heavy atom. The van der Waals surface area contributed by atoms with E-state index in [9.17, 15) is 4.79 Å². The topological polar surface area (TPSA) is 44.4 Å². The molecule has 2 saturated heterocycles. The molecule has 0 aromatic heterocycles. The van der Waals surface area contributed by atoms with E-state index in [0.717, 1.165) is 44.7 Å². The summed E-state index contributed by atoms with van der Waals surface area (Å²) in [5.41, 5.74) is 2.22. The molecular formula is C18H28ClN3OS. The molecule has 2 aliphatic rings. The monoisotopic (exact) mass is 369 g/mol. The highest BCUT2D eigenvalue weighted by atomic mass is 35.5. The largest absolute Gasteiger partial charge is 0.326 e. The second kappa shape index (κ2) is 9.66. The van der Waals surface area contributed by atoms with Crippen molar-refractivity contribution in [3.8, 4) is 0 Å². The minimum Gasteiger partial charge on any atom is -0.326 e. The van der Waals surface area contributed by atoms with Crippen molar-refractivity contribution in [3.63, 3.8) is 0 Å². The Kier molecular flexibility index (Phi) is 7.88. The van der Waals surface area contributed by atoms with Crippen molar-refractivity contribution in [2.24, 2.45) is 5.92 Å². The maximum Gasteiger partial charge on any atom is 0.227 e. The molecule has 0 saturated carbocycles. The standard InChI is InChI=1S/C18H27N3OS.ClH/c1-14-11-16(5-6-19-14)18(22)20-17-4-2-3-15(12-17)13-21-7-9-23-10-8-21;/h2-4,12,14,16,19H,5-11,13H2,1H3,(H,20,22);1H/t14-,16-;/m0./s1. The minimum atomic E-state index is 0. The molecule has 3 rings (SSSR count). The van der Waals surface area contributed by atoms with Crippen LogP contribution in [0.15, 0.2) is 24.3 Å². The van der Waals surface area contributed by atoms with Crippen molar-refractivity contribution in [2.75, 3.05) is 36.5 Å². The Bertz CT molecular complexity index is 537. The van der Waals surface area contributed by atoms with Gasteiger partial charge in [0.15, 0.2) is 0 Å². The van der Waals surface area contributed by atoms with Crippen molar-refractivity contribution in [3.05, 3.63) is 29.8 Å². The third-order valence-corrected chi connectivity index (χ3v) is 5.64. The second-order valence-corrected chi connectivity index (χ2v) is 7.88. The van der Waals surface area contributed by atoms with Gasteiger partial charge in [0.1, 0.15) is 0 Å². The van der Waals surface area contributed by atoms with Gasteiger partial charge in [0.05, 0.1) is 0 Å². The normalized spacial score (nSPS) is 24.9. The van der Waals surface area contributed by atoms with Gasteiger partial charge in [0.25, 0.3) is 0 Å². The summed E-state index contributed by atoms with van der Waals surface area (Å²) in [6.45, 7) is 6.39. The van der Waals surface area contributed by atoms with E-state index in [1.165, 1.54) is 17.1 Å². The molecule has 0 unspecified atom stereocenters. The van der Waals surface area contributed by atoms with Crippen LogP contribution in [0.4, 0.5) is 5.69 Å². The fourth-order valence-corrected chi connectivity index (χ4v) is 4.36. The van der Waals surface area contributed by atoms with Crippen molar-refractivity contribution >= 4 is 35.8 Å². The lowest BCUT2D eigenvalue weighted by Gasteiger charge is -2.27.